The number of carbonyl (C=O) groups excluding carboxylic acids is 1. The van der Waals surface area contributed by atoms with Crippen molar-refractivity contribution in [3.8, 4) is 0 Å². The van der Waals surface area contributed by atoms with Crippen LogP contribution in [0.4, 0.5) is 10.8 Å². The van der Waals surface area contributed by atoms with Crippen LogP contribution in [0.25, 0.3) is 0 Å². The van der Waals surface area contributed by atoms with Crippen molar-refractivity contribution in [2.45, 2.75) is 31.7 Å². The summed E-state index contributed by atoms with van der Waals surface area (Å²) in [4.78, 5) is 28.9. The van der Waals surface area contributed by atoms with E-state index in [4.69, 9.17) is 0 Å². The summed E-state index contributed by atoms with van der Waals surface area (Å²) in [5.74, 6) is 0.00402. The quantitative estimate of drug-likeness (QED) is 0.606. The third-order valence-corrected chi connectivity index (χ3v) is 5.17. The number of anilines is 1. The minimum Gasteiger partial charge on any atom is -0.354 e. The normalized spacial score (nSPS) is 16.8. The highest BCUT2D eigenvalue weighted by Crippen LogP contribution is 2.26. The molecule has 8 heteroatoms. The van der Waals surface area contributed by atoms with Gasteiger partial charge in [0.25, 0.3) is 5.69 Å². The maximum Gasteiger partial charge on any atom is 0.269 e. The lowest BCUT2D eigenvalue weighted by atomic mass is 10.1. The van der Waals surface area contributed by atoms with Crippen LogP contribution in [-0.2, 0) is 11.2 Å². The largest absolute Gasteiger partial charge is 0.354 e. The zero-order valence-electron chi connectivity index (χ0n) is 13.8. The Hall–Kier alpha value is -2.48. The third-order valence-electron chi connectivity index (χ3n) is 4.36. The SMILES string of the molecule is O=C(CCc1ccc([N+](=O)[O-])cc1)NCC1CCCN1c1nccs1. The van der Waals surface area contributed by atoms with E-state index in [0.717, 1.165) is 30.1 Å². The summed E-state index contributed by atoms with van der Waals surface area (Å²) in [6.45, 7) is 1.61. The summed E-state index contributed by atoms with van der Waals surface area (Å²) < 4.78 is 0. The number of amides is 1. The van der Waals surface area contributed by atoms with Gasteiger partial charge in [0.2, 0.25) is 5.91 Å². The van der Waals surface area contributed by atoms with E-state index in [2.05, 4.69) is 15.2 Å². The van der Waals surface area contributed by atoms with Crippen molar-refractivity contribution in [2.75, 3.05) is 18.0 Å². The van der Waals surface area contributed by atoms with Crippen molar-refractivity contribution in [3.05, 3.63) is 51.5 Å². The Morgan fingerprint density at radius 1 is 1.40 bits per heavy atom. The van der Waals surface area contributed by atoms with Gasteiger partial charge in [-0.1, -0.05) is 12.1 Å². The number of carbonyl (C=O) groups is 1. The molecular weight excluding hydrogens is 340 g/mol. The van der Waals surface area contributed by atoms with Gasteiger partial charge in [-0.15, -0.1) is 11.3 Å². The van der Waals surface area contributed by atoms with Gasteiger partial charge in [-0.3, -0.25) is 14.9 Å². The van der Waals surface area contributed by atoms with E-state index in [-0.39, 0.29) is 11.6 Å². The number of aromatic nitrogens is 1. The van der Waals surface area contributed by atoms with Gasteiger partial charge in [0.15, 0.2) is 5.13 Å². The number of benzene rings is 1. The molecule has 0 aliphatic carbocycles. The van der Waals surface area contributed by atoms with Crippen LogP contribution >= 0.6 is 11.3 Å². The minimum atomic E-state index is -0.424. The zero-order valence-corrected chi connectivity index (χ0v) is 14.6. The first-order valence-electron chi connectivity index (χ1n) is 8.29. The Bertz CT molecular complexity index is 718. The fourth-order valence-electron chi connectivity index (χ4n) is 3.02. The number of aryl methyl sites for hydroxylation is 1. The Morgan fingerprint density at radius 3 is 2.88 bits per heavy atom. The summed E-state index contributed by atoms with van der Waals surface area (Å²) in [6.07, 6.45) is 4.93. The number of hydrogen-bond acceptors (Lipinski definition) is 6. The van der Waals surface area contributed by atoms with Crippen LogP contribution in [0, 0.1) is 10.1 Å². The average Bonchev–Trinajstić information content (AvgIpc) is 3.29. The Kier molecular flexibility index (Phi) is 5.60. The highest BCUT2D eigenvalue weighted by Gasteiger charge is 2.26. The molecule has 1 atom stereocenters. The fourth-order valence-corrected chi connectivity index (χ4v) is 3.76. The van der Waals surface area contributed by atoms with Crippen molar-refractivity contribution in [2.24, 2.45) is 0 Å². The van der Waals surface area contributed by atoms with Crippen LogP contribution in [-0.4, -0.2) is 34.9 Å². The molecule has 2 heterocycles. The predicted octanol–water partition coefficient (Wildman–Crippen LogP) is 2.77. The molecule has 25 heavy (non-hydrogen) atoms. The van der Waals surface area contributed by atoms with Gasteiger partial charge in [0, 0.05) is 49.3 Å². The topological polar surface area (TPSA) is 88.4 Å². The van der Waals surface area contributed by atoms with E-state index in [0.29, 0.717) is 25.4 Å². The summed E-state index contributed by atoms with van der Waals surface area (Å²) in [5, 5.41) is 16.6. The lowest BCUT2D eigenvalue weighted by molar-refractivity contribution is -0.384. The fraction of sp³-hybridized carbons (Fsp3) is 0.412. The number of non-ortho nitro benzene ring substituents is 1. The van der Waals surface area contributed by atoms with Gasteiger partial charge < -0.3 is 10.2 Å². The molecule has 1 fully saturated rings. The third kappa shape index (κ3) is 4.54. The Balaban J connectivity index is 1.44. The van der Waals surface area contributed by atoms with E-state index in [1.54, 1.807) is 29.7 Å². The molecule has 132 valence electrons. The van der Waals surface area contributed by atoms with Gasteiger partial charge in [-0.2, -0.15) is 0 Å². The van der Waals surface area contributed by atoms with E-state index in [9.17, 15) is 14.9 Å². The van der Waals surface area contributed by atoms with Crippen molar-refractivity contribution < 1.29 is 9.72 Å². The molecule has 0 bridgehead atoms. The smallest absolute Gasteiger partial charge is 0.269 e. The molecule has 1 saturated heterocycles. The second-order valence-corrected chi connectivity index (χ2v) is 6.90. The van der Waals surface area contributed by atoms with Gasteiger partial charge in [-0.25, -0.2) is 4.98 Å². The van der Waals surface area contributed by atoms with Crippen LogP contribution in [0.3, 0.4) is 0 Å². The first-order chi connectivity index (χ1) is 12.1. The van der Waals surface area contributed by atoms with Crippen molar-refractivity contribution in [1.82, 2.24) is 10.3 Å². The van der Waals surface area contributed by atoms with Crippen LogP contribution in [0.5, 0.6) is 0 Å². The number of hydrogen-bond donors (Lipinski definition) is 1. The first-order valence-corrected chi connectivity index (χ1v) is 9.17. The van der Waals surface area contributed by atoms with Crippen molar-refractivity contribution >= 4 is 28.1 Å². The second kappa shape index (κ2) is 8.06. The molecule has 0 spiro atoms. The summed E-state index contributed by atoms with van der Waals surface area (Å²) in [6, 6.07) is 6.64. The van der Waals surface area contributed by atoms with Crippen LogP contribution < -0.4 is 10.2 Å². The number of nitrogens with zero attached hydrogens (tertiary/aromatic N) is 3. The molecule has 3 rings (SSSR count). The number of thiazole rings is 1. The molecule has 1 aromatic heterocycles. The van der Waals surface area contributed by atoms with E-state index in [1.807, 2.05) is 5.38 Å². The predicted molar refractivity (Wildman–Crippen MR) is 96.9 cm³/mol. The van der Waals surface area contributed by atoms with E-state index in [1.165, 1.54) is 12.1 Å². The number of rotatable bonds is 7. The van der Waals surface area contributed by atoms with Crippen molar-refractivity contribution in [3.63, 3.8) is 0 Å². The monoisotopic (exact) mass is 360 g/mol. The van der Waals surface area contributed by atoms with Gasteiger partial charge >= 0.3 is 0 Å². The molecule has 1 aromatic carbocycles. The highest BCUT2D eigenvalue weighted by atomic mass is 32.1. The molecule has 1 aliphatic heterocycles. The molecule has 1 unspecified atom stereocenters. The molecular formula is C17H20N4O3S. The second-order valence-electron chi connectivity index (χ2n) is 6.03. The minimum absolute atomic E-state index is 0.00402. The number of nitro benzene ring substituents is 1. The van der Waals surface area contributed by atoms with Gasteiger partial charge in [0.1, 0.15) is 0 Å². The summed E-state index contributed by atoms with van der Waals surface area (Å²) in [7, 11) is 0. The molecule has 0 radical (unpaired) electrons. The Labute approximate surface area is 149 Å². The van der Waals surface area contributed by atoms with Crippen LogP contribution in [0.1, 0.15) is 24.8 Å². The first kappa shape index (κ1) is 17.3. The molecule has 1 aliphatic rings. The Morgan fingerprint density at radius 2 is 2.20 bits per heavy atom. The highest BCUT2D eigenvalue weighted by molar-refractivity contribution is 7.13. The van der Waals surface area contributed by atoms with E-state index >= 15 is 0 Å². The lowest BCUT2D eigenvalue weighted by Crippen LogP contribution is -2.40. The number of nitro groups is 1. The lowest BCUT2D eigenvalue weighted by Gasteiger charge is -2.24. The van der Waals surface area contributed by atoms with Gasteiger partial charge in [0.05, 0.1) is 4.92 Å². The number of nitrogens with one attached hydrogen (secondary N) is 1. The standard InChI is InChI=1S/C17H20N4O3S/c22-16(8-5-13-3-6-14(7-4-13)21(23)24)19-12-15-2-1-10-20(15)17-18-9-11-25-17/h3-4,6-7,9,11,15H,1-2,5,8,10,12H2,(H,19,22). The summed E-state index contributed by atoms with van der Waals surface area (Å²) in [5.41, 5.74) is 0.989. The maximum atomic E-state index is 12.1. The maximum absolute atomic E-state index is 12.1. The van der Waals surface area contributed by atoms with Crippen LogP contribution in [0.2, 0.25) is 0 Å². The van der Waals surface area contributed by atoms with E-state index < -0.39 is 4.92 Å². The molecule has 0 saturated carbocycles. The van der Waals surface area contributed by atoms with Crippen molar-refractivity contribution in [1.29, 1.82) is 0 Å². The van der Waals surface area contributed by atoms with Gasteiger partial charge in [-0.05, 0) is 24.8 Å². The van der Waals surface area contributed by atoms with Crippen LogP contribution in [0.15, 0.2) is 35.8 Å². The summed E-state index contributed by atoms with van der Waals surface area (Å²) >= 11 is 1.62. The molecule has 2 aromatic rings. The average molecular weight is 360 g/mol. The molecule has 1 amide bonds. The molecule has 7 nitrogen and oxygen atoms in total. The molecule has 1 N–H and O–H groups in total. The zero-order chi connectivity index (χ0) is 17.6.